The molecule has 1 fully saturated rings. The van der Waals surface area contributed by atoms with Gasteiger partial charge in [0, 0.05) is 13.0 Å². The van der Waals surface area contributed by atoms with Crippen LogP contribution in [0.4, 0.5) is 0 Å². The summed E-state index contributed by atoms with van der Waals surface area (Å²) < 4.78 is 15.3. The standard InChI is InChI=1S/C13H18NO5P/c1-9-2-4-10(5-3-9)6-13(15)12-7-11(8-14-12)19-20(16,17)18/h2-5,11-12,14H,6-8H2,1H3,(H2,16,17,18)/t11-,12+/m0/s1. The monoisotopic (exact) mass is 299 g/mol. The summed E-state index contributed by atoms with van der Waals surface area (Å²) in [5, 5.41) is 2.94. The van der Waals surface area contributed by atoms with Gasteiger partial charge in [0.25, 0.3) is 0 Å². The van der Waals surface area contributed by atoms with Crippen molar-refractivity contribution in [1.82, 2.24) is 5.32 Å². The number of hydrogen-bond donors (Lipinski definition) is 3. The molecule has 0 unspecified atom stereocenters. The Hall–Kier alpha value is -1.04. The Labute approximate surface area is 117 Å². The molecular weight excluding hydrogens is 281 g/mol. The molecule has 6 nitrogen and oxygen atoms in total. The van der Waals surface area contributed by atoms with Gasteiger partial charge in [-0.2, -0.15) is 0 Å². The van der Waals surface area contributed by atoms with Gasteiger partial charge < -0.3 is 15.1 Å². The van der Waals surface area contributed by atoms with Gasteiger partial charge >= 0.3 is 7.82 Å². The van der Waals surface area contributed by atoms with Crippen molar-refractivity contribution < 1.29 is 23.7 Å². The average Bonchev–Trinajstić information content (AvgIpc) is 2.78. The minimum Gasteiger partial charge on any atom is -0.305 e. The van der Waals surface area contributed by atoms with Gasteiger partial charge in [0.05, 0.1) is 12.1 Å². The van der Waals surface area contributed by atoms with E-state index in [2.05, 4.69) is 9.84 Å². The maximum absolute atomic E-state index is 12.1. The highest BCUT2D eigenvalue weighted by Crippen LogP contribution is 2.39. The van der Waals surface area contributed by atoms with Gasteiger partial charge in [-0.15, -0.1) is 0 Å². The molecule has 0 saturated carbocycles. The second-order valence-corrected chi connectivity index (χ2v) is 6.24. The van der Waals surface area contributed by atoms with E-state index in [1.807, 2.05) is 31.2 Å². The summed E-state index contributed by atoms with van der Waals surface area (Å²) in [7, 11) is -4.49. The molecule has 1 saturated heterocycles. The van der Waals surface area contributed by atoms with E-state index in [-0.39, 0.29) is 18.7 Å². The van der Waals surface area contributed by atoms with E-state index in [1.54, 1.807) is 0 Å². The first-order valence-corrected chi connectivity index (χ1v) is 7.92. The van der Waals surface area contributed by atoms with Crippen LogP contribution in [-0.2, 0) is 20.3 Å². The molecule has 1 heterocycles. The number of hydrogen-bond acceptors (Lipinski definition) is 4. The van der Waals surface area contributed by atoms with Crippen LogP contribution in [0.1, 0.15) is 17.5 Å². The van der Waals surface area contributed by atoms with E-state index in [1.165, 1.54) is 0 Å². The number of Topliss-reactive ketones (excluding diaryl/α,β-unsaturated/α-hetero) is 1. The Kier molecular flexibility index (Phi) is 4.73. The zero-order valence-electron chi connectivity index (χ0n) is 11.2. The number of phosphoric ester groups is 1. The normalized spacial score (nSPS) is 22.9. The van der Waals surface area contributed by atoms with E-state index in [0.29, 0.717) is 6.42 Å². The maximum Gasteiger partial charge on any atom is 0.469 e. The average molecular weight is 299 g/mol. The minimum atomic E-state index is -4.49. The Morgan fingerprint density at radius 2 is 2.05 bits per heavy atom. The molecule has 7 heteroatoms. The second-order valence-electron chi connectivity index (χ2n) is 5.04. The minimum absolute atomic E-state index is 0.00525. The summed E-state index contributed by atoms with van der Waals surface area (Å²) in [6.07, 6.45) is -0.0288. The number of phosphoric acid groups is 1. The first kappa shape index (κ1) is 15.4. The molecule has 110 valence electrons. The molecule has 1 aromatic carbocycles. The number of carbonyl (C=O) groups excluding carboxylic acids is 1. The molecule has 1 aromatic rings. The number of ketones is 1. The molecule has 2 rings (SSSR count). The fourth-order valence-electron chi connectivity index (χ4n) is 2.25. The molecule has 20 heavy (non-hydrogen) atoms. The van der Waals surface area contributed by atoms with Crippen molar-refractivity contribution in [2.45, 2.75) is 31.9 Å². The van der Waals surface area contributed by atoms with E-state index in [4.69, 9.17) is 9.79 Å². The van der Waals surface area contributed by atoms with Crippen LogP contribution >= 0.6 is 7.82 Å². The zero-order valence-corrected chi connectivity index (χ0v) is 12.0. The third-order valence-electron chi connectivity index (χ3n) is 3.26. The van der Waals surface area contributed by atoms with Crippen molar-refractivity contribution in [1.29, 1.82) is 0 Å². The SMILES string of the molecule is Cc1ccc(CC(=O)[C@H]2C[C@H](OP(=O)(O)O)CN2)cc1. The van der Waals surface area contributed by atoms with Crippen molar-refractivity contribution >= 4 is 13.6 Å². The maximum atomic E-state index is 12.1. The highest BCUT2D eigenvalue weighted by Gasteiger charge is 2.33. The van der Waals surface area contributed by atoms with Crippen LogP contribution in [0.5, 0.6) is 0 Å². The summed E-state index contributed by atoms with van der Waals surface area (Å²) >= 11 is 0. The Balaban J connectivity index is 1.88. The van der Waals surface area contributed by atoms with E-state index in [9.17, 15) is 9.36 Å². The van der Waals surface area contributed by atoms with Gasteiger partial charge in [-0.05, 0) is 18.9 Å². The molecule has 1 aliphatic heterocycles. The molecule has 0 bridgehead atoms. The van der Waals surface area contributed by atoms with Crippen LogP contribution in [0.3, 0.4) is 0 Å². The zero-order chi connectivity index (χ0) is 14.8. The number of carbonyl (C=O) groups is 1. The molecule has 3 N–H and O–H groups in total. The van der Waals surface area contributed by atoms with Crippen molar-refractivity contribution in [2.75, 3.05) is 6.54 Å². The molecule has 0 aromatic heterocycles. The first-order chi connectivity index (χ1) is 9.33. The predicted octanol–water partition coefficient (Wildman–Crippen LogP) is 0.946. The fraction of sp³-hybridized carbons (Fsp3) is 0.462. The predicted molar refractivity (Wildman–Crippen MR) is 73.2 cm³/mol. The Morgan fingerprint density at radius 1 is 1.40 bits per heavy atom. The van der Waals surface area contributed by atoms with Gasteiger partial charge in [-0.3, -0.25) is 9.32 Å². The van der Waals surface area contributed by atoms with E-state index >= 15 is 0 Å². The van der Waals surface area contributed by atoms with Crippen molar-refractivity contribution in [3.05, 3.63) is 35.4 Å². The second kappa shape index (κ2) is 6.16. The van der Waals surface area contributed by atoms with Gasteiger partial charge in [0.1, 0.15) is 0 Å². The molecular formula is C13H18NO5P. The molecule has 0 aliphatic carbocycles. The molecule has 2 atom stereocenters. The summed E-state index contributed by atoms with van der Waals surface area (Å²) in [5.41, 5.74) is 2.07. The first-order valence-electron chi connectivity index (χ1n) is 6.39. The molecule has 0 spiro atoms. The summed E-state index contributed by atoms with van der Waals surface area (Å²) in [6, 6.07) is 7.31. The van der Waals surface area contributed by atoms with E-state index < -0.39 is 20.0 Å². The summed E-state index contributed by atoms with van der Waals surface area (Å²) in [5.74, 6) is 0.00525. The van der Waals surface area contributed by atoms with Crippen LogP contribution in [0.25, 0.3) is 0 Å². The third kappa shape index (κ3) is 4.51. The van der Waals surface area contributed by atoms with Crippen molar-refractivity contribution in [3.63, 3.8) is 0 Å². The number of benzene rings is 1. The topological polar surface area (TPSA) is 95.9 Å². The van der Waals surface area contributed by atoms with Gasteiger partial charge in [-0.1, -0.05) is 29.8 Å². The van der Waals surface area contributed by atoms with Crippen molar-refractivity contribution in [3.8, 4) is 0 Å². The Morgan fingerprint density at radius 3 is 2.65 bits per heavy atom. The number of nitrogens with one attached hydrogen (secondary N) is 1. The van der Waals surface area contributed by atoms with Crippen LogP contribution in [0, 0.1) is 6.92 Å². The third-order valence-corrected chi connectivity index (χ3v) is 3.84. The lowest BCUT2D eigenvalue weighted by molar-refractivity contribution is -0.120. The van der Waals surface area contributed by atoms with Gasteiger partial charge in [0.2, 0.25) is 0 Å². The molecule has 0 radical (unpaired) electrons. The van der Waals surface area contributed by atoms with Gasteiger partial charge in [-0.25, -0.2) is 4.57 Å². The largest absolute Gasteiger partial charge is 0.469 e. The van der Waals surface area contributed by atoms with Gasteiger partial charge in [0.15, 0.2) is 5.78 Å². The van der Waals surface area contributed by atoms with Crippen LogP contribution in [0.15, 0.2) is 24.3 Å². The molecule has 1 aliphatic rings. The van der Waals surface area contributed by atoms with Crippen molar-refractivity contribution in [2.24, 2.45) is 0 Å². The van der Waals surface area contributed by atoms with Crippen LogP contribution in [0.2, 0.25) is 0 Å². The lowest BCUT2D eigenvalue weighted by Crippen LogP contribution is -2.31. The highest BCUT2D eigenvalue weighted by molar-refractivity contribution is 7.46. The smallest absolute Gasteiger partial charge is 0.305 e. The summed E-state index contributed by atoms with van der Waals surface area (Å²) in [4.78, 5) is 29.6. The lowest BCUT2D eigenvalue weighted by Gasteiger charge is -2.11. The Bertz CT molecular complexity index is 524. The lowest BCUT2D eigenvalue weighted by atomic mass is 10.0. The molecule has 0 amide bonds. The van der Waals surface area contributed by atoms with Crippen LogP contribution < -0.4 is 5.32 Å². The highest BCUT2D eigenvalue weighted by atomic mass is 31.2. The fourth-order valence-corrected chi connectivity index (χ4v) is 2.80. The summed E-state index contributed by atoms with van der Waals surface area (Å²) in [6.45, 7) is 2.25. The quantitative estimate of drug-likeness (QED) is 0.701. The van der Waals surface area contributed by atoms with E-state index in [0.717, 1.165) is 11.1 Å². The number of aryl methyl sites for hydroxylation is 1. The number of rotatable bonds is 5. The van der Waals surface area contributed by atoms with Crippen LogP contribution in [-0.4, -0.2) is 34.3 Å².